The van der Waals surface area contributed by atoms with Gasteiger partial charge in [0, 0.05) is 5.56 Å². The summed E-state index contributed by atoms with van der Waals surface area (Å²) in [5, 5.41) is 2.18. The van der Waals surface area contributed by atoms with Crippen molar-refractivity contribution < 1.29 is 4.39 Å². The van der Waals surface area contributed by atoms with E-state index in [-0.39, 0.29) is 5.82 Å². The molecule has 1 heteroatoms. The maximum absolute atomic E-state index is 14.7. The van der Waals surface area contributed by atoms with Crippen LogP contribution in [0.1, 0.15) is 0 Å². The van der Waals surface area contributed by atoms with Crippen LogP contribution < -0.4 is 0 Å². The molecule has 0 amide bonds. The summed E-state index contributed by atoms with van der Waals surface area (Å²) in [5.41, 5.74) is 3.53. The van der Waals surface area contributed by atoms with Gasteiger partial charge in [0.2, 0.25) is 0 Å². The molecule has 0 radical (unpaired) electrons. The van der Waals surface area contributed by atoms with Gasteiger partial charge in [-0.2, -0.15) is 0 Å². The van der Waals surface area contributed by atoms with E-state index in [9.17, 15) is 4.39 Å². The Morgan fingerprint density at radius 1 is 0.522 bits per heavy atom. The average Bonchev–Trinajstić information content (AvgIpc) is 2.62. The van der Waals surface area contributed by atoms with Crippen LogP contribution in [0.4, 0.5) is 4.39 Å². The maximum atomic E-state index is 14.7. The standard InChI is InChI=1S/C22H15F/c23-21-15-7-13-19(17-8-2-1-3-9-17)22(21)20-14-6-11-16-10-4-5-12-18(16)20/h1-15H. The van der Waals surface area contributed by atoms with Crippen molar-refractivity contribution in [3.63, 3.8) is 0 Å². The molecule has 0 bridgehead atoms. The second-order valence-corrected chi connectivity index (χ2v) is 5.56. The van der Waals surface area contributed by atoms with Crippen molar-refractivity contribution in [2.45, 2.75) is 0 Å². The lowest BCUT2D eigenvalue weighted by Gasteiger charge is -2.13. The molecule has 4 aromatic rings. The minimum Gasteiger partial charge on any atom is -0.206 e. The minimum atomic E-state index is -0.192. The quantitative estimate of drug-likeness (QED) is 0.406. The van der Waals surface area contributed by atoms with Gasteiger partial charge in [-0.05, 0) is 33.5 Å². The second-order valence-electron chi connectivity index (χ2n) is 5.56. The Bertz CT molecular complexity index is 966. The highest BCUT2D eigenvalue weighted by molar-refractivity contribution is 6.00. The monoisotopic (exact) mass is 298 g/mol. The van der Waals surface area contributed by atoms with Crippen LogP contribution in [0.3, 0.4) is 0 Å². The average molecular weight is 298 g/mol. The van der Waals surface area contributed by atoms with Crippen LogP contribution in [-0.2, 0) is 0 Å². The zero-order chi connectivity index (χ0) is 15.6. The Morgan fingerprint density at radius 2 is 1.17 bits per heavy atom. The predicted molar refractivity (Wildman–Crippen MR) is 94.8 cm³/mol. The van der Waals surface area contributed by atoms with Crippen LogP contribution in [-0.4, -0.2) is 0 Å². The van der Waals surface area contributed by atoms with Gasteiger partial charge >= 0.3 is 0 Å². The number of hydrogen-bond acceptors (Lipinski definition) is 0. The highest BCUT2D eigenvalue weighted by Gasteiger charge is 2.14. The van der Waals surface area contributed by atoms with Crippen LogP contribution in [0.2, 0.25) is 0 Å². The van der Waals surface area contributed by atoms with Crippen molar-refractivity contribution in [2.24, 2.45) is 0 Å². The van der Waals surface area contributed by atoms with Gasteiger partial charge in [0.1, 0.15) is 5.82 Å². The molecule has 0 aromatic heterocycles. The van der Waals surface area contributed by atoms with Gasteiger partial charge in [0.25, 0.3) is 0 Å². The molecule has 0 aliphatic carbocycles. The fraction of sp³-hybridized carbons (Fsp3) is 0. The van der Waals surface area contributed by atoms with Gasteiger partial charge < -0.3 is 0 Å². The molecule has 4 rings (SSSR count). The van der Waals surface area contributed by atoms with E-state index in [4.69, 9.17) is 0 Å². The minimum absolute atomic E-state index is 0.192. The normalized spacial score (nSPS) is 10.8. The number of rotatable bonds is 2. The fourth-order valence-electron chi connectivity index (χ4n) is 3.10. The van der Waals surface area contributed by atoms with E-state index in [1.165, 1.54) is 6.07 Å². The van der Waals surface area contributed by atoms with Crippen molar-refractivity contribution >= 4 is 10.8 Å². The summed E-state index contributed by atoms with van der Waals surface area (Å²) in [6, 6.07) is 29.4. The predicted octanol–water partition coefficient (Wildman–Crippen LogP) is 6.31. The second kappa shape index (κ2) is 5.69. The van der Waals surface area contributed by atoms with E-state index >= 15 is 0 Å². The number of benzene rings is 4. The Hall–Kier alpha value is -2.93. The number of hydrogen-bond donors (Lipinski definition) is 0. The van der Waals surface area contributed by atoms with Crippen LogP contribution in [0.15, 0.2) is 91.0 Å². The molecule has 0 spiro atoms. The molecule has 0 nitrogen and oxygen atoms in total. The third kappa shape index (κ3) is 2.40. The van der Waals surface area contributed by atoms with Crippen molar-refractivity contribution in [1.29, 1.82) is 0 Å². The van der Waals surface area contributed by atoms with Gasteiger partial charge in [-0.3, -0.25) is 0 Å². The van der Waals surface area contributed by atoms with Crippen molar-refractivity contribution in [2.75, 3.05) is 0 Å². The van der Waals surface area contributed by atoms with Crippen LogP contribution in [0, 0.1) is 5.82 Å². The lowest BCUT2D eigenvalue weighted by atomic mass is 9.91. The topological polar surface area (TPSA) is 0 Å². The summed E-state index contributed by atoms with van der Waals surface area (Å²) >= 11 is 0. The smallest absolute Gasteiger partial charge is 0.131 e. The molecular weight excluding hydrogens is 283 g/mol. The molecule has 0 saturated heterocycles. The van der Waals surface area contributed by atoms with Crippen LogP contribution in [0.5, 0.6) is 0 Å². The lowest BCUT2D eigenvalue weighted by Crippen LogP contribution is -1.91. The first-order valence-corrected chi connectivity index (χ1v) is 7.67. The molecule has 110 valence electrons. The van der Waals surface area contributed by atoms with Crippen molar-refractivity contribution in [3.8, 4) is 22.3 Å². The molecule has 0 atom stereocenters. The highest BCUT2D eigenvalue weighted by atomic mass is 19.1. The SMILES string of the molecule is Fc1cccc(-c2ccccc2)c1-c1cccc2ccccc12. The fourth-order valence-corrected chi connectivity index (χ4v) is 3.10. The van der Waals surface area contributed by atoms with E-state index in [0.717, 1.165) is 27.5 Å². The first kappa shape index (κ1) is 13.7. The number of halogens is 1. The van der Waals surface area contributed by atoms with Gasteiger partial charge in [-0.25, -0.2) is 4.39 Å². The molecule has 0 heterocycles. The Balaban J connectivity index is 2.06. The Kier molecular flexibility index (Phi) is 3.39. The number of fused-ring (bicyclic) bond motifs is 1. The van der Waals surface area contributed by atoms with Crippen molar-refractivity contribution in [1.82, 2.24) is 0 Å². The van der Waals surface area contributed by atoms with E-state index < -0.39 is 0 Å². The summed E-state index contributed by atoms with van der Waals surface area (Å²) in [5.74, 6) is -0.192. The zero-order valence-corrected chi connectivity index (χ0v) is 12.5. The summed E-state index contributed by atoms with van der Waals surface area (Å²) in [4.78, 5) is 0. The van der Waals surface area contributed by atoms with Gasteiger partial charge in [-0.1, -0.05) is 84.9 Å². The van der Waals surface area contributed by atoms with Crippen LogP contribution in [0.25, 0.3) is 33.0 Å². The van der Waals surface area contributed by atoms with Gasteiger partial charge in [-0.15, -0.1) is 0 Å². The molecule has 23 heavy (non-hydrogen) atoms. The zero-order valence-electron chi connectivity index (χ0n) is 12.5. The van der Waals surface area contributed by atoms with Crippen LogP contribution >= 0.6 is 0 Å². The molecule has 0 aliphatic heterocycles. The van der Waals surface area contributed by atoms with E-state index in [2.05, 4.69) is 12.1 Å². The third-order valence-electron chi connectivity index (χ3n) is 4.16. The molecule has 0 N–H and O–H groups in total. The summed E-state index contributed by atoms with van der Waals surface area (Å²) in [6.07, 6.45) is 0. The first-order chi connectivity index (χ1) is 11.3. The Labute approximate surface area is 134 Å². The van der Waals surface area contributed by atoms with E-state index in [0.29, 0.717) is 5.56 Å². The van der Waals surface area contributed by atoms with Crippen molar-refractivity contribution in [3.05, 3.63) is 96.8 Å². The summed E-state index contributed by atoms with van der Waals surface area (Å²) in [6.45, 7) is 0. The summed E-state index contributed by atoms with van der Waals surface area (Å²) < 4.78 is 14.7. The highest BCUT2D eigenvalue weighted by Crippen LogP contribution is 2.37. The van der Waals surface area contributed by atoms with E-state index in [1.807, 2.05) is 66.7 Å². The largest absolute Gasteiger partial charge is 0.206 e. The molecule has 4 aromatic carbocycles. The first-order valence-electron chi connectivity index (χ1n) is 7.67. The summed E-state index contributed by atoms with van der Waals surface area (Å²) in [7, 11) is 0. The maximum Gasteiger partial charge on any atom is 0.131 e. The van der Waals surface area contributed by atoms with Gasteiger partial charge in [0.05, 0.1) is 0 Å². The molecule has 0 aliphatic rings. The van der Waals surface area contributed by atoms with Gasteiger partial charge in [0.15, 0.2) is 0 Å². The Morgan fingerprint density at radius 3 is 2.04 bits per heavy atom. The van der Waals surface area contributed by atoms with E-state index in [1.54, 1.807) is 6.07 Å². The molecule has 0 saturated carbocycles. The third-order valence-corrected chi connectivity index (χ3v) is 4.16. The molecule has 0 fully saturated rings. The molecular formula is C22H15F. The molecule has 0 unspecified atom stereocenters. The lowest BCUT2D eigenvalue weighted by molar-refractivity contribution is 0.632.